The molecular formula is C16H14N6O2. The maximum absolute atomic E-state index is 10.8. The Kier molecular flexibility index (Phi) is 3.34. The number of rotatable bonds is 4. The van der Waals surface area contributed by atoms with Gasteiger partial charge in [0.25, 0.3) is 5.69 Å². The van der Waals surface area contributed by atoms with E-state index in [9.17, 15) is 15.4 Å². The maximum Gasteiger partial charge on any atom is 0.289 e. The second-order valence-electron chi connectivity index (χ2n) is 6.18. The van der Waals surface area contributed by atoms with Crippen LogP contribution in [0.4, 0.5) is 11.5 Å². The molecule has 0 aromatic carbocycles. The highest BCUT2D eigenvalue weighted by molar-refractivity contribution is 5.59. The largest absolute Gasteiger partial charge is 0.354 e. The molecule has 2 aromatic heterocycles. The van der Waals surface area contributed by atoms with Gasteiger partial charge in [0.05, 0.1) is 10.8 Å². The molecule has 24 heavy (non-hydrogen) atoms. The van der Waals surface area contributed by atoms with Gasteiger partial charge in [-0.2, -0.15) is 5.26 Å². The molecule has 1 saturated carbocycles. The number of nitro groups is 1. The SMILES string of the molecule is N#Cc1cc([N+](=O)[O-])cnc1N1CC(c2ncc(C3CC3)cn2)C1. The molecule has 8 nitrogen and oxygen atoms in total. The van der Waals surface area contributed by atoms with Crippen LogP contribution in [0.3, 0.4) is 0 Å². The van der Waals surface area contributed by atoms with Crippen molar-refractivity contribution in [2.45, 2.75) is 24.7 Å². The van der Waals surface area contributed by atoms with Gasteiger partial charge in [-0.05, 0) is 24.3 Å². The van der Waals surface area contributed by atoms with E-state index in [-0.39, 0.29) is 17.2 Å². The predicted octanol–water partition coefficient (Wildman–Crippen LogP) is 2.13. The van der Waals surface area contributed by atoms with Gasteiger partial charge in [-0.15, -0.1) is 0 Å². The molecule has 0 radical (unpaired) electrons. The summed E-state index contributed by atoms with van der Waals surface area (Å²) in [6, 6.07) is 3.24. The minimum atomic E-state index is -0.550. The fourth-order valence-corrected chi connectivity index (χ4v) is 2.88. The third kappa shape index (κ3) is 2.54. The van der Waals surface area contributed by atoms with E-state index in [2.05, 4.69) is 15.0 Å². The fourth-order valence-electron chi connectivity index (χ4n) is 2.88. The van der Waals surface area contributed by atoms with Crippen LogP contribution in [-0.4, -0.2) is 33.0 Å². The van der Waals surface area contributed by atoms with Crippen molar-refractivity contribution in [3.05, 3.63) is 51.7 Å². The molecule has 1 saturated heterocycles. The predicted molar refractivity (Wildman–Crippen MR) is 84.6 cm³/mol. The van der Waals surface area contributed by atoms with Gasteiger partial charge in [0.1, 0.15) is 29.5 Å². The molecule has 0 N–H and O–H groups in total. The zero-order valence-electron chi connectivity index (χ0n) is 12.8. The van der Waals surface area contributed by atoms with E-state index in [1.165, 1.54) is 30.7 Å². The highest BCUT2D eigenvalue weighted by Gasteiger charge is 2.33. The summed E-state index contributed by atoms with van der Waals surface area (Å²) in [7, 11) is 0. The Labute approximate surface area is 137 Å². The third-order valence-corrected chi connectivity index (χ3v) is 4.47. The summed E-state index contributed by atoms with van der Waals surface area (Å²) >= 11 is 0. The first-order valence-electron chi connectivity index (χ1n) is 7.77. The number of pyridine rings is 1. The lowest BCUT2D eigenvalue weighted by atomic mass is 9.98. The summed E-state index contributed by atoms with van der Waals surface area (Å²) in [4.78, 5) is 25.2. The van der Waals surface area contributed by atoms with Crippen molar-refractivity contribution in [2.75, 3.05) is 18.0 Å². The summed E-state index contributed by atoms with van der Waals surface area (Å²) in [5.74, 6) is 2.12. The molecule has 120 valence electrons. The van der Waals surface area contributed by atoms with Gasteiger partial charge in [-0.25, -0.2) is 15.0 Å². The van der Waals surface area contributed by atoms with Gasteiger partial charge in [-0.1, -0.05) is 0 Å². The molecule has 4 rings (SSSR count). The minimum absolute atomic E-state index is 0.175. The van der Waals surface area contributed by atoms with Crippen LogP contribution in [0.1, 0.15) is 41.6 Å². The summed E-state index contributed by atoms with van der Waals surface area (Å²) in [5, 5.41) is 20.0. The summed E-state index contributed by atoms with van der Waals surface area (Å²) < 4.78 is 0. The summed E-state index contributed by atoms with van der Waals surface area (Å²) in [6.07, 6.45) is 7.46. The highest BCUT2D eigenvalue weighted by Crippen LogP contribution is 2.39. The Morgan fingerprint density at radius 2 is 1.88 bits per heavy atom. The standard InChI is InChI=1S/C16H14N6O2/c17-4-11-3-14(22(23)24)7-20-16(11)21-8-13(9-21)15-18-5-12(6-19-15)10-1-2-10/h3,5-7,10,13H,1-2,8-9H2. The van der Waals surface area contributed by atoms with E-state index >= 15 is 0 Å². The van der Waals surface area contributed by atoms with Gasteiger partial charge in [0, 0.05) is 31.5 Å². The Balaban J connectivity index is 1.47. The van der Waals surface area contributed by atoms with Crippen LogP contribution in [0.25, 0.3) is 0 Å². The number of nitriles is 1. The average Bonchev–Trinajstić information content (AvgIpc) is 3.39. The normalized spacial score (nSPS) is 17.2. The quantitative estimate of drug-likeness (QED) is 0.626. The topological polar surface area (TPSA) is 109 Å². The lowest BCUT2D eigenvalue weighted by Crippen LogP contribution is -2.46. The van der Waals surface area contributed by atoms with Crippen molar-refractivity contribution in [1.29, 1.82) is 5.26 Å². The Bertz CT molecular complexity index is 835. The molecule has 0 bridgehead atoms. The van der Waals surface area contributed by atoms with Crippen LogP contribution in [-0.2, 0) is 0 Å². The Hall–Kier alpha value is -3.08. The average molecular weight is 322 g/mol. The molecule has 8 heteroatoms. The number of anilines is 1. The van der Waals surface area contributed by atoms with Gasteiger partial charge in [0.2, 0.25) is 0 Å². The lowest BCUT2D eigenvalue weighted by Gasteiger charge is -2.39. The van der Waals surface area contributed by atoms with Crippen LogP contribution in [0.15, 0.2) is 24.7 Å². The van der Waals surface area contributed by atoms with Crippen LogP contribution in [0.2, 0.25) is 0 Å². The van der Waals surface area contributed by atoms with Crippen LogP contribution in [0.5, 0.6) is 0 Å². The molecule has 0 amide bonds. The first-order valence-corrected chi connectivity index (χ1v) is 7.77. The zero-order chi connectivity index (χ0) is 16.7. The van der Waals surface area contributed by atoms with E-state index in [0.717, 1.165) is 5.82 Å². The first kappa shape index (κ1) is 14.5. The Morgan fingerprint density at radius 3 is 2.46 bits per heavy atom. The molecule has 0 unspecified atom stereocenters. The van der Waals surface area contributed by atoms with Crippen molar-refractivity contribution in [2.24, 2.45) is 0 Å². The maximum atomic E-state index is 10.8. The van der Waals surface area contributed by atoms with Crippen molar-refractivity contribution in [3.63, 3.8) is 0 Å². The van der Waals surface area contributed by atoms with Gasteiger partial charge >= 0.3 is 0 Å². The smallest absolute Gasteiger partial charge is 0.289 e. The van der Waals surface area contributed by atoms with E-state index in [0.29, 0.717) is 24.8 Å². The number of nitrogens with zero attached hydrogens (tertiary/aromatic N) is 6. The van der Waals surface area contributed by atoms with Crippen molar-refractivity contribution < 1.29 is 4.92 Å². The zero-order valence-corrected chi connectivity index (χ0v) is 12.8. The molecule has 2 aromatic rings. The second-order valence-corrected chi connectivity index (χ2v) is 6.18. The van der Waals surface area contributed by atoms with Gasteiger partial charge in [-0.3, -0.25) is 10.1 Å². The van der Waals surface area contributed by atoms with E-state index < -0.39 is 4.92 Å². The van der Waals surface area contributed by atoms with Gasteiger partial charge < -0.3 is 4.90 Å². The number of hydrogen-bond acceptors (Lipinski definition) is 7. The Morgan fingerprint density at radius 1 is 1.17 bits per heavy atom. The van der Waals surface area contributed by atoms with E-state index in [1.54, 1.807) is 0 Å². The monoisotopic (exact) mass is 322 g/mol. The molecule has 0 atom stereocenters. The minimum Gasteiger partial charge on any atom is -0.354 e. The summed E-state index contributed by atoms with van der Waals surface area (Å²) in [5.41, 5.74) is 1.25. The van der Waals surface area contributed by atoms with E-state index in [4.69, 9.17) is 0 Å². The number of hydrogen-bond donors (Lipinski definition) is 0. The molecule has 1 aliphatic heterocycles. The molecule has 2 fully saturated rings. The second kappa shape index (κ2) is 5.53. The van der Waals surface area contributed by atoms with Crippen molar-refractivity contribution in [3.8, 4) is 6.07 Å². The van der Waals surface area contributed by atoms with Crippen LogP contribution in [0, 0.1) is 21.4 Å². The summed E-state index contributed by atoms with van der Waals surface area (Å²) in [6.45, 7) is 1.31. The van der Waals surface area contributed by atoms with Crippen LogP contribution >= 0.6 is 0 Å². The molecule has 3 heterocycles. The van der Waals surface area contributed by atoms with Crippen molar-refractivity contribution in [1.82, 2.24) is 15.0 Å². The van der Waals surface area contributed by atoms with E-state index in [1.807, 2.05) is 23.4 Å². The highest BCUT2D eigenvalue weighted by atomic mass is 16.6. The molecule has 2 aliphatic rings. The van der Waals surface area contributed by atoms with Gasteiger partial charge in [0.15, 0.2) is 0 Å². The number of aromatic nitrogens is 3. The van der Waals surface area contributed by atoms with Crippen LogP contribution < -0.4 is 4.90 Å². The fraction of sp³-hybridized carbons (Fsp3) is 0.375. The molecule has 0 spiro atoms. The van der Waals surface area contributed by atoms with Crippen molar-refractivity contribution >= 4 is 11.5 Å². The molecular weight excluding hydrogens is 308 g/mol. The first-order chi connectivity index (χ1) is 11.7. The third-order valence-electron chi connectivity index (χ3n) is 4.47. The molecule has 1 aliphatic carbocycles. The lowest BCUT2D eigenvalue weighted by molar-refractivity contribution is -0.385.